The maximum Gasteiger partial charge on any atom is 0.209 e. The molecular formula is C20H27N7O3S. The molecule has 4 rings (SSSR count). The smallest absolute Gasteiger partial charge is 0.209 e. The molecule has 5 N–H and O–H groups in total. The molecule has 0 saturated heterocycles. The number of primary sulfonamides is 1. The maximum atomic E-state index is 11.2. The first-order chi connectivity index (χ1) is 14.7. The lowest BCUT2D eigenvalue weighted by Crippen LogP contribution is -2.22. The van der Waals surface area contributed by atoms with Gasteiger partial charge >= 0.3 is 0 Å². The fraction of sp³-hybridized carbons (Fsp3) is 0.450. The minimum atomic E-state index is -3.54. The van der Waals surface area contributed by atoms with Crippen molar-refractivity contribution in [3.63, 3.8) is 0 Å². The Labute approximate surface area is 181 Å². The third-order valence-electron chi connectivity index (χ3n) is 5.70. The lowest BCUT2D eigenvalue weighted by Gasteiger charge is -2.15. The van der Waals surface area contributed by atoms with E-state index in [0.29, 0.717) is 42.1 Å². The zero-order valence-corrected chi connectivity index (χ0v) is 18.3. The number of hydrogen-bond acceptors (Lipinski definition) is 8. The van der Waals surface area contributed by atoms with Crippen molar-refractivity contribution < 1.29 is 13.5 Å². The summed E-state index contributed by atoms with van der Waals surface area (Å²) in [6.07, 6.45) is 2.35. The third-order valence-corrected chi connectivity index (χ3v) is 6.51. The molecule has 0 bridgehead atoms. The molecule has 1 aliphatic carbocycles. The van der Waals surface area contributed by atoms with Gasteiger partial charge in [0.1, 0.15) is 17.7 Å². The average molecular weight is 446 g/mol. The number of para-hydroxylation sites is 1. The molecule has 31 heavy (non-hydrogen) atoms. The van der Waals surface area contributed by atoms with Gasteiger partial charge in [0.05, 0.1) is 11.9 Å². The number of fused-ring (bicyclic) bond motifs is 1. The molecular weight excluding hydrogens is 418 g/mol. The van der Waals surface area contributed by atoms with E-state index in [1.165, 1.54) is 6.33 Å². The molecule has 0 unspecified atom stereocenters. The number of nitrogens with zero attached hydrogens (tertiary/aromatic N) is 4. The van der Waals surface area contributed by atoms with E-state index < -0.39 is 16.1 Å². The van der Waals surface area contributed by atoms with Crippen molar-refractivity contribution >= 4 is 32.7 Å². The predicted molar refractivity (Wildman–Crippen MR) is 120 cm³/mol. The van der Waals surface area contributed by atoms with Crippen LogP contribution in [0.2, 0.25) is 0 Å². The highest BCUT2D eigenvalue weighted by molar-refractivity contribution is 7.89. The van der Waals surface area contributed by atoms with Crippen molar-refractivity contribution in [1.82, 2.24) is 19.9 Å². The molecule has 0 amide bonds. The van der Waals surface area contributed by atoms with Crippen LogP contribution in [0.1, 0.15) is 19.3 Å². The van der Waals surface area contributed by atoms with Gasteiger partial charge in [0.2, 0.25) is 10.0 Å². The number of nitrogens with two attached hydrogens (primary N) is 1. The molecule has 1 fully saturated rings. The van der Waals surface area contributed by atoms with Gasteiger partial charge in [0, 0.05) is 31.4 Å². The summed E-state index contributed by atoms with van der Waals surface area (Å²) in [5.74, 6) is 1.04. The molecule has 1 aromatic carbocycles. The van der Waals surface area contributed by atoms with Crippen molar-refractivity contribution in [3.8, 4) is 11.4 Å². The molecule has 0 spiro atoms. The number of benzene rings is 1. The van der Waals surface area contributed by atoms with Crippen LogP contribution in [0, 0.1) is 5.92 Å². The number of aromatic amines is 1. The average Bonchev–Trinajstić information content (AvgIpc) is 3.29. The lowest BCUT2D eigenvalue weighted by atomic mass is 10.0. The van der Waals surface area contributed by atoms with Crippen molar-refractivity contribution in [2.75, 3.05) is 30.1 Å². The molecule has 10 nitrogen and oxygen atoms in total. The van der Waals surface area contributed by atoms with Gasteiger partial charge in [-0.1, -0.05) is 12.1 Å². The second-order valence-corrected chi connectivity index (χ2v) is 9.95. The molecule has 2 heterocycles. The van der Waals surface area contributed by atoms with Crippen molar-refractivity contribution in [1.29, 1.82) is 0 Å². The number of rotatable bonds is 7. The van der Waals surface area contributed by atoms with E-state index in [-0.39, 0.29) is 17.7 Å². The monoisotopic (exact) mass is 445 g/mol. The predicted octanol–water partition coefficient (Wildman–Crippen LogP) is 1.32. The molecule has 2 aromatic heterocycles. The second-order valence-electron chi connectivity index (χ2n) is 8.21. The normalized spacial score (nSPS) is 21.5. The van der Waals surface area contributed by atoms with E-state index in [9.17, 15) is 13.5 Å². The summed E-state index contributed by atoms with van der Waals surface area (Å²) in [6, 6.07) is 7.92. The van der Waals surface area contributed by atoms with Crippen molar-refractivity contribution in [3.05, 3.63) is 30.6 Å². The van der Waals surface area contributed by atoms with Crippen LogP contribution in [0.4, 0.5) is 11.5 Å². The van der Waals surface area contributed by atoms with Gasteiger partial charge in [-0.05, 0) is 37.3 Å². The molecule has 3 aromatic rings. The highest BCUT2D eigenvalue weighted by Crippen LogP contribution is 2.33. The number of H-pyrrole nitrogens is 1. The van der Waals surface area contributed by atoms with Gasteiger partial charge in [-0.25, -0.2) is 28.5 Å². The van der Waals surface area contributed by atoms with Crippen molar-refractivity contribution in [2.24, 2.45) is 11.1 Å². The Morgan fingerprint density at radius 3 is 2.77 bits per heavy atom. The Balaban J connectivity index is 1.56. The topological polar surface area (TPSA) is 150 Å². The van der Waals surface area contributed by atoms with Crippen LogP contribution in [-0.4, -0.2) is 65.5 Å². The second kappa shape index (κ2) is 8.40. The quantitative estimate of drug-likeness (QED) is 0.425. The molecule has 0 aliphatic heterocycles. The lowest BCUT2D eigenvalue weighted by molar-refractivity contribution is 0.131. The highest BCUT2D eigenvalue weighted by atomic mass is 32.2. The van der Waals surface area contributed by atoms with Gasteiger partial charge in [0.15, 0.2) is 11.5 Å². The molecule has 1 aliphatic rings. The summed E-state index contributed by atoms with van der Waals surface area (Å²) in [7, 11) is 0.414. The van der Waals surface area contributed by atoms with Gasteiger partial charge < -0.3 is 20.3 Å². The number of aliphatic hydroxyl groups is 1. The summed E-state index contributed by atoms with van der Waals surface area (Å²) < 4.78 is 22.5. The van der Waals surface area contributed by atoms with Gasteiger partial charge in [-0.3, -0.25) is 0 Å². The Kier molecular flexibility index (Phi) is 5.82. The molecule has 166 valence electrons. The number of nitrogens with one attached hydrogen (secondary N) is 2. The Morgan fingerprint density at radius 1 is 1.26 bits per heavy atom. The van der Waals surface area contributed by atoms with Crippen molar-refractivity contribution in [2.45, 2.75) is 31.4 Å². The van der Waals surface area contributed by atoms with Crippen LogP contribution in [0.15, 0.2) is 30.6 Å². The number of aromatic nitrogens is 4. The van der Waals surface area contributed by atoms with Crippen LogP contribution in [0.25, 0.3) is 22.6 Å². The first-order valence-corrected chi connectivity index (χ1v) is 11.9. The van der Waals surface area contributed by atoms with Crippen LogP contribution < -0.4 is 15.4 Å². The van der Waals surface area contributed by atoms with E-state index in [2.05, 4.69) is 25.3 Å². The number of aliphatic hydroxyl groups excluding tert-OH is 1. The van der Waals surface area contributed by atoms with E-state index in [1.807, 2.05) is 43.3 Å². The fourth-order valence-corrected chi connectivity index (χ4v) is 4.80. The minimum Gasteiger partial charge on any atom is -0.393 e. The van der Waals surface area contributed by atoms with E-state index in [0.717, 1.165) is 11.3 Å². The summed E-state index contributed by atoms with van der Waals surface area (Å²) in [5, 5.41) is 18.8. The largest absolute Gasteiger partial charge is 0.393 e. The van der Waals surface area contributed by atoms with Crippen LogP contribution in [0.3, 0.4) is 0 Å². The van der Waals surface area contributed by atoms with E-state index >= 15 is 0 Å². The third kappa shape index (κ3) is 4.78. The Morgan fingerprint density at radius 2 is 2.03 bits per heavy atom. The molecule has 1 saturated carbocycles. The Bertz CT molecular complexity index is 1180. The highest BCUT2D eigenvalue weighted by Gasteiger charge is 2.34. The van der Waals surface area contributed by atoms with Gasteiger partial charge in [0.25, 0.3) is 0 Å². The van der Waals surface area contributed by atoms with Crippen LogP contribution in [0.5, 0.6) is 0 Å². The summed E-state index contributed by atoms with van der Waals surface area (Å²) >= 11 is 0. The number of hydrogen-bond donors (Lipinski definition) is 4. The number of imidazole rings is 1. The van der Waals surface area contributed by atoms with Gasteiger partial charge in [-0.15, -0.1) is 0 Å². The Hall–Kier alpha value is -2.76. The van der Waals surface area contributed by atoms with E-state index in [1.54, 1.807) is 0 Å². The SMILES string of the molecule is CN(C)c1ccccc1-c1nc2ncnc(N[C@@H]3C[C@@H](CCS(N)(=O)=O)[C@@H](O)C3)c2[nH]1. The maximum absolute atomic E-state index is 11.2. The first kappa shape index (κ1) is 21.5. The minimum absolute atomic E-state index is 0.0422. The van der Waals surface area contributed by atoms with Gasteiger partial charge in [-0.2, -0.15) is 0 Å². The zero-order valence-electron chi connectivity index (χ0n) is 17.5. The molecule has 3 atom stereocenters. The zero-order chi connectivity index (χ0) is 22.2. The van der Waals surface area contributed by atoms with Crippen LogP contribution >= 0.6 is 0 Å². The number of sulfonamides is 1. The summed E-state index contributed by atoms with van der Waals surface area (Å²) in [4.78, 5) is 18.7. The fourth-order valence-electron chi connectivity index (χ4n) is 4.17. The van der Waals surface area contributed by atoms with Crippen LogP contribution in [-0.2, 0) is 10.0 Å². The number of anilines is 2. The molecule has 11 heteroatoms. The van der Waals surface area contributed by atoms with E-state index in [4.69, 9.17) is 5.14 Å². The summed E-state index contributed by atoms with van der Waals surface area (Å²) in [5.41, 5.74) is 3.22. The summed E-state index contributed by atoms with van der Waals surface area (Å²) in [6.45, 7) is 0. The standard InChI is InChI=1S/C20H27N7O3S/c1-27(2)15-6-4-3-5-14(15)18-25-17-19(22-11-23-20(17)26-18)24-13-9-12(16(28)10-13)7-8-31(21,29)30/h3-6,11-13,16,28H,7-10H2,1-2H3,(H2,21,29,30)(H2,22,23,24,25,26)/t12-,13-,16+/m1/s1. The molecule has 0 radical (unpaired) electrons. The first-order valence-electron chi connectivity index (χ1n) is 10.1.